The number of aromatic nitrogens is 7. The van der Waals surface area contributed by atoms with Gasteiger partial charge in [-0.25, -0.2) is 14.1 Å². The van der Waals surface area contributed by atoms with E-state index in [9.17, 15) is 9.18 Å². The first kappa shape index (κ1) is 21.2. The van der Waals surface area contributed by atoms with Crippen LogP contribution in [0.5, 0.6) is 11.5 Å². The third-order valence-electron chi connectivity index (χ3n) is 5.15. The number of methoxy groups -OCH3 is 2. The minimum absolute atomic E-state index is 0.00683. The molecule has 12 heteroatoms. The van der Waals surface area contributed by atoms with Crippen LogP contribution in [0.4, 0.5) is 4.39 Å². The van der Waals surface area contributed by atoms with Crippen LogP contribution in [0.2, 0.25) is 0 Å². The number of rotatable bonds is 7. The van der Waals surface area contributed by atoms with E-state index in [-0.39, 0.29) is 23.8 Å². The zero-order chi connectivity index (χ0) is 23.7. The van der Waals surface area contributed by atoms with Crippen molar-refractivity contribution in [2.45, 2.75) is 13.1 Å². The highest BCUT2D eigenvalue weighted by Crippen LogP contribution is 2.31. The number of fused-ring (bicyclic) bond motifs is 1. The first-order valence-corrected chi connectivity index (χ1v) is 10.1. The van der Waals surface area contributed by atoms with Crippen molar-refractivity contribution in [3.05, 3.63) is 76.4 Å². The summed E-state index contributed by atoms with van der Waals surface area (Å²) in [5.74, 6) is 1.33. The third kappa shape index (κ3) is 3.96. The molecular formula is C22H18FN7O4. The van der Waals surface area contributed by atoms with Crippen molar-refractivity contribution >= 4 is 11.2 Å². The van der Waals surface area contributed by atoms with Crippen molar-refractivity contribution in [1.29, 1.82) is 0 Å². The van der Waals surface area contributed by atoms with Crippen molar-refractivity contribution in [1.82, 2.24) is 34.7 Å². The normalized spacial score (nSPS) is 11.1. The highest BCUT2D eigenvalue weighted by Gasteiger charge is 2.16. The largest absolute Gasteiger partial charge is 0.493 e. The molecule has 0 fully saturated rings. The first-order valence-electron chi connectivity index (χ1n) is 10.1. The Labute approximate surface area is 191 Å². The molecule has 2 aromatic carbocycles. The minimum Gasteiger partial charge on any atom is -0.493 e. The van der Waals surface area contributed by atoms with Gasteiger partial charge in [-0.2, -0.15) is 4.98 Å². The molecule has 0 saturated carbocycles. The predicted octanol–water partition coefficient (Wildman–Crippen LogP) is 2.29. The summed E-state index contributed by atoms with van der Waals surface area (Å²) in [4.78, 5) is 21.6. The van der Waals surface area contributed by atoms with Crippen LogP contribution in [0.15, 0.2) is 58.1 Å². The summed E-state index contributed by atoms with van der Waals surface area (Å²) in [5.41, 5.74) is 1.48. The monoisotopic (exact) mass is 463 g/mol. The van der Waals surface area contributed by atoms with Gasteiger partial charge in [-0.15, -0.1) is 5.10 Å². The van der Waals surface area contributed by atoms with E-state index in [0.29, 0.717) is 35.1 Å². The van der Waals surface area contributed by atoms with Gasteiger partial charge in [0.2, 0.25) is 11.7 Å². The molecule has 5 rings (SSSR count). The van der Waals surface area contributed by atoms with Crippen LogP contribution in [0, 0.1) is 5.82 Å². The molecule has 5 aromatic rings. The number of hydrogen-bond acceptors (Lipinski definition) is 9. The van der Waals surface area contributed by atoms with E-state index in [1.807, 2.05) is 0 Å². The van der Waals surface area contributed by atoms with Crippen molar-refractivity contribution in [2.24, 2.45) is 0 Å². The van der Waals surface area contributed by atoms with Gasteiger partial charge in [0.25, 0.3) is 5.56 Å². The summed E-state index contributed by atoms with van der Waals surface area (Å²) in [6, 6.07) is 11.2. The zero-order valence-electron chi connectivity index (χ0n) is 18.2. The summed E-state index contributed by atoms with van der Waals surface area (Å²) in [6.45, 7) is 0.304. The Kier molecular flexibility index (Phi) is 5.46. The van der Waals surface area contributed by atoms with E-state index in [0.717, 1.165) is 5.56 Å². The molecule has 0 saturated heterocycles. The van der Waals surface area contributed by atoms with Crippen LogP contribution in [-0.2, 0) is 13.1 Å². The number of nitrogens with zero attached hydrogens (tertiary/aromatic N) is 7. The summed E-state index contributed by atoms with van der Waals surface area (Å²) in [5, 5.41) is 12.0. The molecule has 0 aliphatic heterocycles. The van der Waals surface area contributed by atoms with Crippen LogP contribution in [0.25, 0.3) is 22.6 Å². The molecule has 172 valence electrons. The Morgan fingerprint density at radius 3 is 2.59 bits per heavy atom. The van der Waals surface area contributed by atoms with E-state index in [1.54, 1.807) is 37.4 Å². The molecule has 0 amide bonds. The zero-order valence-corrected chi connectivity index (χ0v) is 18.2. The Hall–Kier alpha value is -4.61. The highest BCUT2D eigenvalue weighted by atomic mass is 19.1. The standard InChI is InChI=1S/C22H18FN7O4/c1-32-16-8-5-14(9-17(16)33-2)20-25-18(34-27-20)11-29-12-24-21-19(22(29)31)26-28-30(21)10-13-3-6-15(23)7-4-13/h3-9,12H,10-11H2,1-2H3. The Bertz CT molecular complexity index is 1520. The number of hydrogen-bond donors (Lipinski definition) is 0. The fourth-order valence-electron chi connectivity index (χ4n) is 3.43. The molecule has 3 aromatic heterocycles. The number of halogens is 1. The van der Waals surface area contributed by atoms with Crippen LogP contribution >= 0.6 is 0 Å². The van der Waals surface area contributed by atoms with E-state index >= 15 is 0 Å². The molecule has 0 atom stereocenters. The average molecular weight is 463 g/mol. The second-order valence-corrected chi connectivity index (χ2v) is 7.30. The maximum atomic E-state index is 13.1. The average Bonchev–Trinajstić information content (AvgIpc) is 3.49. The molecule has 0 aliphatic carbocycles. The molecule has 0 bridgehead atoms. The molecule has 3 heterocycles. The van der Waals surface area contributed by atoms with Gasteiger partial charge in [0, 0.05) is 5.56 Å². The van der Waals surface area contributed by atoms with Gasteiger partial charge in [-0.05, 0) is 35.9 Å². The molecule has 0 spiro atoms. The van der Waals surface area contributed by atoms with Crippen LogP contribution in [0.3, 0.4) is 0 Å². The molecule has 0 radical (unpaired) electrons. The summed E-state index contributed by atoms with van der Waals surface area (Å²) in [6.07, 6.45) is 1.37. The Balaban J connectivity index is 1.39. The number of ether oxygens (including phenoxy) is 2. The second-order valence-electron chi connectivity index (χ2n) is 7.30. The van der Waals surface area contributed by atoms with Crippen LogP contribution in [-0.4, -0.2) is 48.9 Å². The molecule has 0 unspecified atom stereocenters. The van der Waals surface area contributed by atoms with Gasteiger partial charge >= 0.3 is 0 Å². The van der Waals surface area contributed by atoms with E-state index in [2.05, 4.69) is 25.4 Å². The lowest BCUT2D eigenvalue weighted by Crippen LogP contribution is -2.21. The third-order valence-corrected chi connectivity index (χ3v) is 5.15. The molecule has 34 heavy (non-hydrogen) atoms. The lowest BCUT2D eigenvalue weighted by molar-refractivity contribution is 0.355. The molecule has 0 N–H and O–H groups in total. The van der Waals surface area contributed by atoms with Gasteiger partial charge < -0.3 is 14.0 Å². The predicted molar refractivity (Wildman–Crippen MR) is 117 cm³/mol. The molecular weight excluding hydrogens is 445 g/mol. The lowest BCUT2D eigenvalue weighted by Gasteiger charge is -2.07. The van der Waals surface area contributed by atoms with Crippen molar-refractivity contribution in [2.75, 3.05) is 14.2 Å². The summed E-state index contributed by atoms with van der Waals surface area (Å²) < 4.78 is 31.8. The Morgan fingerprint density at radius 1 is 1.03 bits per heavy atom. The molecule has 11 nitrogen and oxygen atoms in total. The van der Waals surface area contributed by atoms with E-state index < -0.39 is 5.56 Å². The van der Waals surface area contributed by atoms with Gasteiger partial charge in [0.05, 0.1) is 20.8 Å². The maximum Gasteiger partial charge on any atom is 0.283 e. The SMILES string of the molecule is COc1ccc(-c2noc(Cn3cnc4c(nnn4Cc4ccc(F)cc4)c3=O)n2)cc1OC. The van der Waals surface area contributed by atoms with Gasteiger partial charge in [0.1, 0.15) is 18.7 Å². The summed E-state index contributed by atoms with van der Waals surface area (Å²) >= 11 is 0. The maximum absolute atomic E-state index is 13.1. The topological polar surface area (TPSA) is 123 Å². The van der Waals surface area contributed by atoms with Crippen LogP contribution in [0.1, 0.15) is 11.5 Å². The van der Waals surface area contributed by atoms with Gasteiger partial charge in [-0.3, -0.25) is 9.36 Å². The van der Waals surface area contributed by atoms with Gasteiger partial charge in [-0.1, -0.05) is 22.5 Å². The molecule has 0 aliphatic rings. The van der Waals surface area contributed by atoms with Crippen LogP contribution < -0.4 is 15.0 Å². The second kappa shape index (κ2) is 8.73. The number of benzene rings is 2. The smallest absolute Gasteiger partial charge is 0.283 e. The highest BCUT2D eigenvalue weighted by molar-refractivity contribution is 5.67. The quantitative estimate of drug-likeness (QED) is 0.358. The van der Waals surface area contributed by atoms with Crippen molar-refractivity contribution in [3.63, 3.8) is 0 Å². The first-order chi connectivity index (χ1) is 16.6. The van der Waals surface area contributed by atoms with E-state index in [4.69, 9.17) is 14.0 Å². The summed E-state index contributed by atoms with van der Waals surface area (Å²) in [7, 11) is 3.09. The van der Waals surface area contributed by atoms with Crippen molar-refractivity contribution in [3.8, 4) is 22.9 Å². The minimum atomic E-state index is -0.402. The van der Waals surface area contributed by atoms with Crippen molar-refractivity contribution < 1.29 is 18.4 Å². The fraction of sp³-hybridized carbons (Fsp3) is 0.182. The van der Waals surface area contributed by atoms with E-state index in [1.165, 1.54) is 34.8 Å². The Morgan fingerprint density at radius 2 is 1.82 bits per heavy atom. The fourth-order valence-corrected chi connectivity index (χ4v) is 3.43. The van der Waals surface area contributed by atoms with Gasteiger partial charge in [0.15, 0.2) is 22.7 Å². The lowest BCUT2D eigenvalue weighted by atomic mass is 10.2.